The van der Waals surface area contributed by atoms with Crippen LogP contribution in [0.2, 0.25) is 0 Å². The van der Waals surface area contributed by atoms with Gasteiger partial charge in [0.25, 0.3) is 0 Å². The van der Waals surface area contributed by atoms with Gasteiger partial charge in [-0.3, -0.25) is 0 Å². The first kappa shape index (κ1) is 26.4. The monoisotopic (exact) mass is 613 g/mol. The SMILES string of the molecule is c1ccc(-c2c3c(c(-c4ccccc4)c4ccccc24)-c2ccc(-c4ccc(-c5nc6ccccc6s5)cc4)c4cccc-3c24)cc1. The minimum atomic E-state index is 1.06. The van der Waals surface area contributed by atoms with Gasteiger partial charge in [-0.2, -0.15) is 0 Å². The minimum Gasteiger partial charge on any atom is -0.236 e. The molecule has 0 radical (unpaired) electrons. The van der Waals surface area contributed by atoms with E-state index in [1.807, 2.05) is 0 Å². The Kier molecular flexibility index (Phi) is 5.81. The van der Waals surface area contributed by atoms with Crippen LogP contribution < -0.4 is 0 Å². The lowest BCUT2D eigenvalue weighted by atomic mass is 9.82. The molecule has 9 aromatic rings. The fraction of sp³-hybridized carbons (Fsp3) is 0. The molecule has 8 aromatic carbocycles. The van der Waals surface area contributed by atoms with E-state index >= 15 is 0 Å². The first-order chi connectivity index (χ1) is 23.3. The minimum absolute atomic E-state index is 1.06. The van der Waals surface area contributed by atoms with Gasteiger partial charge in [0.1, 0.15) is 5.01 Å². The molecule has 47 heavy (non-hydrogen) atoms. The third-order valence-corrected chi connectivity index (χ3v) is 10.7. The predicted molar refractivity (Wildman–Crippen MR) is 201 cm³/mol. The fourth-order valence-electron chi connectivity index (χ4n) is 7.65. The van der Waals surface area contributed by atoms with Crippen LogP contribution in [0.5, 0.6) is 0 Å². The highest BCUT2D eigenvalue weighted by Gasteiger charge is 2.31. The molecule has 1 aliphatic carbocycles. The highest BCUT2D eigenvalue weighted by atomic mass is 32.1. The van der Waals surface area contributed by atoms with Crippen LogP contribution in [0.15, 0.2) is 164 Å². The molecule has 0 bridgehead atoms. The van der Waals surface area contributed by atoms with Crippen molar-refractivity contribution in [3.8, 4) is 66.2 Å². The summed E-state index contributed by atoms with van der Waals surface area (Å²) in [6.07, 6.45) is 0. The first-order valence-electron chi connectivity index (χ1n) is 16.1. The molecule has 0 fully saturated rings. The lowest BCUT2D eigenvalue weighted by Gasteiger charge is -2.20. The summed E-state index contributed by atoms with van der Waals surface area (Å²) in [5.41, 5.74) is 15.1. The zero-order valence-electron chi connectivity index (χ0n) is 25.4. The normalized spacial score (nSPS) is 11.8. The molecule has 10 rings (SSSR count). The van der Waals surface area contributed by atoms with Gasteiger partial charge in [0.2, 0.25) is 0 Å². The highest BCUT2D eigenvalue weighted by molar-refractivity contribution is 7.21. The zero-order chi connectivity index (χ0) is 30.9. The number of hydrogen-bond acceptors (Lipinski definition) is 2. The summed E-state index contributed by atoms with van der Waals surface area (Å²) in [6.45, 7) is 0. The maximum absolute atomic E-state index is 4.90. The molecule has 218 valence electrons. The number of hydrogen-bond donors (Lipinski definition) is 0. The van der Waals surface area contributed by atoms with Crippen molar-refractivity contribution >= 4 is 43.1 Å². The Morgan fingerprint density at radius 3 is 1.53 bits per heavy atom. The molecule has 0 spiro atoms. The second-order valence-electron chi connectivity index (χ2n) is 12.2. The first-order valence-corrected chi connectivity index (χ1v) is 16.9. The maximum atomic E-state index is 4.90. The van der Waals surface area contributed by atoms with Crippen LogP contribution in [0, 0.1) is 0 Å². The number of para-hydroxylation sites is 1. The van der Waals surface area contributed by atoms with Crippen LogP contribution in [0.4, 0.5) is 0 Å². The van der Waals surface area contributed by atoms with Crippen LogP contribution in [-0.2, 0) is 0 Å². The number of rotatable bonds is 4. The maximum Gasteiger partial charge on any atom is 0.124 e. The molecule has 0 atom stereocenters. The third-order valence-electron chi connectivity index (χ3n) is 9.66. The summed E-state index contributed by atoms with van der Waals surface area (Å²) in [5, 5.41) is 6.24. The van der Waals surface area contributed by atoms with E-state index in [4.69, 9.17) is 4.98 Å². The van der Waals surface area contributed by atoms with E-state index in [2.05, 4.69) is 164 Å². The quantitative estimate of drug-likeness (QED) is 0.192. The Bertz CT molecular complexity index is 2520. The van der Waals surface area contributed by atoms with E-state index in [0.29, 0.717) is 0 Å². The summed E-state index contributed by atoms with van der Waals surface area (Å²) < 4.78 is 1.22. The molecule has 0 N–H and O–H groups in total. The largest absolute Gasteiger partial charge is 0.236 e. The second-order valence-corrected chi connectivity index (χ2v) is 13.3. The van der Waals surface area contributed by atoms with Crippen molar-refractivity contribution in [3.05, 3.63) is 164 Å². The Morgan fingerprint density at radius 2 is 0.872 bits per heavy atom. The van der Waals surface area contributed by atoms with Crippen LogP contribution in [0.3, 0.4) is 0 Å². The molecular formula is C45H27NS. The number of fused-ring (bicyclic) bond motifs is 5. The zero-order valence-corrected chi connectivity index (χ0v) is 26.3. The highest BCUT2D eigenvalue weighted by Crippen LogP contribution is 2.58. The van der Waals surface area contributed by atoms with Crippen molar-refractivity contribution in [2.24, 2.45) is 0 Å². The topological polar surface area (TPSA) is 12.9 Å². The Hall–Kier alpha value is -5.83. The number of thiazole rings is 1. The van der Waals surface area contributed by atoms with Gasteiger partial charge in [0.05, 0.1) is 10.2 Å². The van der Waals surface area contributed by atoms with Crippen molar-refractivity contribution in [2.75, 3.05) is 0 Å². The van der Waals surface area contributed by atoms with E-state index in [1.165, 1.54) is 81.9 Å². The van der Waals surface area contributed by atoms with Crippen LogP contribution in [-0.4, -0.2) is 4.98 Å². The van der Waals surface area contributed by atoms with Crippen molar-refractivity contribution in [1.82, 2.24) is 4.98 Å². The van der Waals surface area contributed by atoms with E-state index < -0.39 is 0 Å². The smallest absolute Gasteiger partial charge is 0.124 e. The molecule has 1 nitrogen and oxygen atoms in total. The van der Waals surface area contributed by atoms with Gasteiger partial charge < -0.3 is 0 Å². The Morgan fingerprint density at radius 1 is 0.340 bits per heavy atom. The van der Waals surface area contributed by atoms with Crippen LogP contribution in [0.25, 0.3) is 98.0 Å². The van der Waals surface area contributed by atoms with Gasteiger partial charge in [-0.15, -0.1) is 11.3 Å². The molecule has 1 aliphatic rings. The Labute approximate surface area is 277 Å². The predicted octanol–water partition coefficient (Wildman–Crippen LogP) is 12.9. The van der Waals surface area contributed by atoms with Crippen molar-refractivity contribution in [1.29, 1.82) is 0 Å². The molecule has 0 saturated carbocycles. The lowest BCUT2D eigenvalue weighted by molar-refractivity contribution is 1.48. The van der Waals surface area contributed by atoms with E-state index in [1.54, 1.807) is 11.3 Å². The fourth-order valence-corrected chi connectivity index (χ4v) is 8.62. The molecule has 1 aromatic heterocycles. The van der Waals surface area contributed by atoms with Crippen molar-refractivity contribution in [2.45, 2.75) is 0 Å². The van der Waals surface area contributed by atoms with E-state index in [-0.39, 0.29) is 0 Å². The molecule has 0 amide bonds. The van der Waals surface area contributed by atoms with E-state index in [9.17, 15) is 0 Å². The summed E-state index contributed by atoms with van der Waals surface area (Å²) >= 11 is 1.75. The molecule has 0 saturated heterocycles. The summed E-state index contributed by atoms with van der Waals surface area (Å²) in [7, 11) is 0. The number of nitrogens with zero attached hydrogens (tertiary/aromatic N) is 1. The summed E-state index contributed by atoms with van der Waals surface area (Å²) in [4.78, 5) is 4.90. The number of aromatic nitrogens is 1. The standard InChI is InChI=1S/C45H27NS/c1-3-12-29(13-4-1)40-34-16-7-8-17-35(34)41(30-14-5-2-6-15-30)44-37-27-26-32(33-18-11-19-36(42(33)37)43(40)44)28-22-24-31(25-23-28)45-46-38-20-9-10-21-39(38)47-45/h1-27H. The van der Waals surface area contributed by atoms with Gasteiger partial charge >= 0.3 is 0 Å². The number of benzene rings is 8. The average Bonchev–Trinajstić information content (AvgIpc) is 3.72. The van der Waals surface area contributed by atoms with Crippen LogP contribution in [0.1, 0.15) is 0 Å². The van der Waals surface area contributed by atoms with Crippen LogP contribution >= 0.6 is 11.3 Å². The third kappa shape index (κ3) is 3.99. The average molecular weight is 614 g/mol. The second kappa shape index (κ2) is 10.3. The molecule has 2 heteroatoms. The molecular weight excluding hydrogens is 587 g/mol. The van der Waals surface area contributed by atoms with Crippen molar-refractivity contribution in [3.63, 3.8) is 0 Å². The molecule has 1 heterocycles. The Balaban J connectivity index is 1.23. The van der Waals surface area contributed by atoms with Gasteiger partial charge in [0, 0.05) is 5.56 Å². The van der Waals surface area contributed by atoms with Crippen molar-refractivity contribution < 1.29 is 0 Å². The van der Waals surface area contributed by atoms with E-state index in [0.717, 1.165) is 16.1 Å². The van der Waals surface area contributed by atoms with Gasteiger partial charge in [-0.25, -0.2) is 4.98 Å². The summed E-state index contributed by atoms with van der Waals surface area (Å²) in [5.74, 6) is 0. The molecule has 0 aliphatic heterocycles. The van der Waals surface area contributed by atoms with Gasteiger partial charge in [-0.1, -0.05) is 152 Å². The lowest BCUT2D eigenvalue weighted by Crippen LogP contribution is -1.93. The summed E-state index contributed by atoms with van der Waals surface area (Å²) in [6, 6.07) is 59.7. The molecule has 0 unspecified atom stereocenters. The van der Waals surface area contributed by atoms with Gasteiger partial charge in [-0.05, 0) is 89.3 Å². The van der Waals surface area contributed by atoms with Gasteiger partial charge in [0.15, 0.2) is 0 Å².